The highest BCUT2D eigenvalue weighted by Gasteiger charge is 2.05. The summed E-state index contributed by atoms with van der Waals surface area (Å²) in [6.07, 6.45) is 0.122. The summed E-state index contributed by atoms with van der Waals surface area (Å²) in [5.41, 5.74) is 0. The van der Waals surface area contributed by atoms with Crippen molar-refractivity contribution in [3.05, 3.63) is 28.7 Å². The van der Waals surface area contributed by atoms with Crippen LogP contribution < -0.4 is 10.1 Å². The number of rotatable bonds is 6. The van der Waals surface area contributed by atoms with E-state index >= 15 is 0 Å². The van der Waals surface area contributed by atoms with Gasteiger partial charge in [-0.25, -0.2) is 0 Å². The van der Waals surface area contributed by atoms with Crippen molar-refractivity contribution in [1.82, 2.24) is 5.32 Å². The highest BCUT2D eigenvalue weighted by molar-refractivity contribution is 9.10. The maximum Gasteiger partial charge on any atom is 0.258 e. The summed E-state index contributed by atoms with van der Waals surface area (Å²) >= 11 is 3.31. The van der Waals surface area contributed by atoms with Gasteiger partial charge in [0.1, 0.15) is 5.75 Å². The molecule has 2 N–H and O–H groups in total. The minimum Gasteiger partial charge on any atom is -0.484 e. The average Bonchev–Trinajstić information content (AvgIpc) is 2.33. The van der Waals surface area contributed by atoms with Crippen LogP contribution >= 0.6 is 15.9 Å². The molecule has 5 heteroatoms. The standard InChI is InChI=1S/C12H16BrNO3/c1-2-10(15)7-14-12(16)8-17-11-5-3-4-9(13)6-11/h3-6,10,15H,2,7-8H2,1H3,(H,14,16). The third-order valence-electron chi connectivity index (χ3n) is 2.17. The zero-order valence-electron chi connectivity index (χ0n) is 9.65. The van der Waals surface area contributed by atoms with E-state index in [1.165, 1.54) is 0 Å². The second-order valence-corrected chi connectivity index (χ2v) is 4.53. The van der Waals surface area contributed by atoms with Gasteiger partial charge in [-0.3, -0.25) is 4.79 Å². The smallest absolute Gasteiger partial charge is 0.258 e. The number of hydrogen-bond donors (Lipinski definition) is 2. The number of aliphatic hydroxyl groups excluding tert-OH is 1. The molecule has 4 nitrogen and oxygen atoms in total. The number of carbonyl (C=O) groups is 1. The fourth-order valence-corrected chi connectivity index (χ4v) is 1.51. The third-order valence-corrected chi connectivity index (χ3v) is 2.67. The van der Waals surface area contributed by atoms with Gasteiger partial charge in [-0.2, -0.15) is 0 Å². The summed E-state index contributed by atoms with van der Waals surface area (Å²) in [6, 6.07) is 7.27. The molecule has 1 rings (SSSR count). The van der Waals surface area contributed by atoms with E-state index in [1.54, 1.807) is 12.1 Å². The minimum absolute atomic E-state index is 0.0487. The molecule has 0 aromatic heterocycles. The lowest BCUT2D eigenvalue weighted by molar-refractivity contribution is -0.123. The monoisotopic (exact) mass is 301 g/mol. The molecule has 1 amide bonds. The molecule has 0 fully saturated rings. The van der Waals surface area contributed by atoms with Gasteiger partial charge >= 0.3 is 0 Å². The van der Waals surface area contributed by atoms with E-state index in [2.05, 4.69) is 21.2 Å². The highest BCUT2D eigenvalue weighted by Crippen LogP contribution is 2.17. The van der Waals surface area contributed by atoms with E-state index in [1.807, 2.05) is 19.1 Å². The Balaban J connectivity index is 2.28. The van der Waals surface area contributed by atoms with E-state index in [9.17, 15) is 9.90 Å². The van der Waals surface area contributed by atoms with E-state index in [4.69, 9.17) is 4.74 Å². The first-order chi connectivity index (χ1) is 8.11. The van der Waals surface area contributed by atoms with Gasteiger partial charge in [0.15, 0.2) is 6.61 Å². The first-order valence-corrected chi connectivity index (χ1v) is 6.24. The Morgan fingerprint density at radius 1 is 1.59 bits per heavy atom. The summed E-state index contributed by atoms with van der Waals surface area (Å²) < 4.78 is 6.19. The van der Waals surface area contributed by atoms with Gasteiger partial charge in [0.05, 0.1) is 6.10 Å². The molecule has 0 heterocycles. The molecule has 17 heavy (non-hydrogen) atoms. The molecular weight excluding hydrogens is 286 g/mol. The van der Waals surface area contributed by atoms with Crippen LogP contribution in [0.2, 0.25) is 0 Å². The van der Waals surface area contributed by atoms with Crippen molar-refractivity contribution in [3.8, 4) is 5.75 Å². The molecule has 0 aliphatic heterocycles. The van der Waals surface area contributed by atoms with Crippen LogP contribution in [-0.4, -0.2) is 30.3 Å². The molecule has 1 aromatic rings. The lowest BCUT2D eigenvalue weighted by Gasteiger charge is -2.10. The van der Waals surface area contributed by atoms with E-state index in [0.29, 0.717) is 12.2 Å². The second kappa shape index (κ2) is 7.29. The van der Waals surface area contributed by atoms with Crippen LogP contribution in [0.15, 0.2) is 28.7 Å². The number of aliphatic hydroxyl groups is 1. The van der Waals surface area contributed by atoms with Gasteiger partial charge in [0, 0.05) is 11.0 Å². The normalized spacial score (nSPS) is 11.9. The lowest BCUT2D eigenvalue weighted by atomic mass is 10.3. The Morgan fingerprint density at radius 3 is 3.00 bits per heavy atom. The summed E-state index contributed by atoms with van der Waals surface area (Å²) in [5, 5.41) is 11.9. The van der Waals surface area contributed by atoms with Crippen molar-refractivity contribution in [2.24, 2.45) is 0 Å². The fourth-order valence-electron chi connectivity index (χ4n) is 1.13. The third kappa shape index (κ3) is 5.70. The summed E-state index contributed by atoms with van der Waals surface area (Å²) in [7, 11) is 0. The lowest BCUT2D eigenvalue weighted by Crippen LogP contribution is -2.35. The molecule has 0 radical (unpaired) electrons. The predicted molar refractivity (Wildman–Crippen MR) is 68.9 cm³/mol. The van der Waals surface area contributed by atoms with Gasteiger partial charge < -0.3 is 15.2 Å². The molecule has 0 saturated carbocycles. The molecular formula is C12H16BrNO3. The summed E-state index contributed by atoms with van der Waals surface area (Å²) in [5.74, 6) is 0.392. The number of carbonyl (C=O) groups excluding carboxylic acids is 1. The number of benzene rings is 1. The SMILES string of the molecule is CCC(O)CNC(=O)COc1cccc(Br)c1. The Morgan fingerprint density at radius 2 is 2.35 bits per heavy atom. The number of halogens is 1. The largest absolute Gasteiger partial charge is 0.484 e. The van der Waals surface area contributed by atoms with Gasteiger partial charge in [0.2, 0.25) is 0 Å². The van der Waals surface area contributed by atoms with Crippen LogP contribution in [0.1, 0.15) is 13.3 Å². The van der Waals surface area contributed by atoms with E-state index in [0.717, 1.165) is 4.47 Å². The molecule has 0 aliphatic carbocycles. The van der Waals surface area contributed by atoms with Crippen LogP contribution in [0.25, 0.3) is 0 Å². The van der Waals surface area contributed by atoms with Gasteiger partial charge in [-0.15, -0.1) is 0 Å². The Labute approximate surface area is 109 Å². The van der Waals surface area contributed by atoms with Gasteiger partial charge in [0.25, 0.3) is 5.91 Å². The van der Waals surface area contributed by atoms with Crippen LogP contribution in [0.5, 0.6) is 5.75 Å². The first kappa shape index (κ1) is 14.0. The van der Waals surface area contributed by atoms with E-state index in [-0.39, 0.29) is 19.1 Å². The molecule has 1 unspecified atom stereocenters. The zero-order chi connectivity index (χ0) is 12.7. The molecule has 1 aromatic carbocycles. The van der Waals surface area contributed by atoms with Crippen molar-refractivity contribution >= 4 is 21.8 Å². The van der Waals surface area contributed by atoms with Crippen LogP contribution in [-0.2, 0) is 4.79 Å². The van der Waals surface area contributed by atoms with E-state index < -0.39 is 6.10 Å². The Bertz CT molecular complexity index is 371. The number of hydrogen-bond acceptors (Lipinski definition) is 3. The van der Waals surface area contributed by atoms with Crippen LogP contribution in [0.4, 0.5) is 0 Å². The Kier molecular flexibility index (Phi) is 6.00. The van der Waals surface area contributed by atoms with Crippen molar-refractivity contribution in [1.29, 1.82) is 0 Å². The fraction of sp³-hybridized carbons (Fsp3) is 0.417. The molecule has 0 bridgehead atoms. The van der Waals surface area contributed by atoms with Crippen molar-refractivity contribution in [3.63, 3.8) is 0 Å². The number of ether oxygens (including phenoxy) is 1. The molecule has 94 valence electrons. The predicted octanol–water partition coefficient (Wildman–Crippen LogP) is 1.71. The maximum absolute atomic E-state index is 11.4. The highest BCUT2D eigenvalue weighted by atomic mass is 79.9. The molecule has 0 aliphatic rings. The molecule has 0 spiro atoms. The van der Waals surface area contributed by atoms with Crippen molar-refractivity contribution in [2.45, 2.75) is 19.4 Å². The van der Waals surface area contributed by atoms with Crippen LogP contribution in [0.3, 0.4) is 0 Å². The van der Waals surface area contributed by atoms with Gasteiger partial charge in [-0.05, 0) is 24.6 Å². The number of nitrogens with one attached hydrogen (secondary N) is 1. The topological polar surface area (TPSA) is 58.6 Å². The maximum atomic E-state index is 11.4. The quantitative estimate of drug-likeness (QED) is 0.841. The van der Waals surface area contributed by atoms with Crippen LogP contribution in [0, 0.1) is 0 Å². The average molecular weight is 302 g/mol. The number of amides is 1. The second-order valence-electron chi connectivity index (χ2n) is 3.61. The Hall–Kier alpha value is -1.07. The summed E-state index contributed by atoms with van der Waals surface area (Å²) in [6.45, 7) is 2.07. The first-order valence-electron chi connectivity index (χ1n) is 5.45. The minimum atomic E-state index is -0.496. The molecule has 1 atom stereocenters. The summed E-state index contributed by atoms with van der Waals surface area (Å²) in [4.78, 5) is 11.4. The van der Waals surface area contributed by atoms with Gasteiger partial charge in [-0.1, -0.05) is 28.9 Å². The molecule has 0 saturated heterocycles. The van der Waals surface area contributed by atoms with Crippen molar-refractivity contribution < 1.29 is 14.6 Å². The zero-order valence-corrected chi connectivity index (χ0v) is 11.2. The van der Waals surface area contributed by atoms with Crippen molar-refractivity contribution in [2.75, 3.05) is 13.2 Å².